The van der Waals surface area contributed by atoms with Crippen molar-refractivity contribution < 1.29 is 24.1 Å². The summed E-state index contributed by atoms with van der Waals surface area (Å²) in [5.41, 5.74) is 0.756. The maximum absolute atomic E-state index is 10.6. The van der Waals surface area contributed by atoms with Crippen molar-refractivity contribution in [2.75, 3.05) is 21.3 Å². The van der Waals surface area contributed by atoms with Gasteiger partial charge in [-0.25, -0.2) is 0 Å². The van der Waals surface area contributed by atoms with E-state index in [4.69, 9.17) is 19.3 Å². The fourth-order valence-corrected chi connectivity index (χ4v) is 1.56. The van der Waals surface area contributed by atoms with E-state index in [1.54, 1.807) is 19.2 Å². The van der Waals surface area contributed by atoms with Gasteiger partial charge in [-0.2, -0.15) is 0 Å². The molecule has 0 aliphatic rings. The van der Waals surface area contributed by atoms with Crippen LogP contribution >= 0.6 is 0 Å². The van der Waals surface area contributed by atoms with Gasteiger partial charge in [0.2, 0.25) is 0 Å². The minimum atomic E-state index is -0.853. The zero-order chi connectivity index (χ0) is 12.8. The van der Waals surface area contributed by atoms with Crippen molar-refractivity contribution in [1.29, 1.82) is 0 Å². The minimum absolute atomic E-state index is 0.0344. The third kappa shape index (κ3) is 3.27. The van der Waals surface area contributed by atoms with Crippen LogP contribution in [0.2, 0.25) is 0 Å². The smallest absolute Gasteiger partial charge is 0.303 e. The Kier molecular flexibility index (Phi) is 4.63. The molecule has 0 atom stereocenters. The number of methoxy groups -OCH3 is 3. The number of hydrogen-bond acceptors (Lipinski definition) is 4. The van der Waals surface area contributed by atoms with Gasteiger partial charge in [-0.3, -0.25) is 4.79 Å². The molecule has 17 heavy (non-hydrogen) atoms. The average Bonchev–Trinajstić information content (AvgIpc) is 2.34. The van der Waals surface area contributed by atoms with E-state index in [1.807, 2.05) is 0 Å². The standard InChI is InChI=1S/C12H16O5/c1-15-9-6-8(4-5-11(13)14)12(17-3)10(7-9)16-2/h6-7H,4-5H2,1-3H3,(H,13,14). The Morgan fingerprint density at radius 3 is 2.35 bits per heavy atom. The van der Waals surface area contributed by atoms with E-state index >= 15 is 0 Å². The molecule has 5 heteroatoms. The highest BCUT2D eigenvalue weighted by Crippen LogP contribution is 2.36. The molecule has 0 amide bonds. The molecule has 0 saturated heterocycles. The summed E-state index contributed by atoms with van der Waals surface area (Å²) in [6.45, 7) is 0. The van der Waals surface area contributed by atoms with Crippen molar-refractivity contribution in [3.05, 3.63) is 17.7 Å². The molecule has 0 heterocycles. The lowest BCUT2D eigenvalue weighted by Gasteiger charge is -2.14. The molecule has 5 nitrogen and oxygen atoms in total. The van der Waals surface area contributed by atoms with Gasteiger partial charge < -0.3 is 19.3 Å². The summed E-state index contributed by atoms with van der Waals surface area (Å²) in [4.78, 5) is 10.6. The van der Waals surface area contributed by atoms with Crippen LogP contribution in [0, 0.1) is 0 Å². The van der Waals surface area contributed by atoms with Crippen molar-refractivity contribution in [3.8, 4) is 17.2 Å². The van der Waals surface area contributed by atoms with Crippen molar-refractivity contribution in [1.82, 2.24) is 0 Å². The predicted molar refractivity (Wildman–Crippen MR) is 62.1 cm³/mol. The highest BCUT2D eigenvalue weighted by Gasteiger charge is 2.13. The molecule has 0 saturated carbocycles. The molecule has 1 rings (SSSR count). The number of carboxylic acid groups (broad SMARTS) is 1. The summed E-state index contributed by atoms with van der Waals surface area (Å²) in [6.07, 6.45) is 0.402. The molecular weight excluding hydrogens is 224 g/mol. The second kappa shape index (κ2) is 5.98. The topological polar surface area (TPSA) is 65.0 Å². The minimum Gasteiger partial charge on any atom is -0.497 e. The first-order chi connectivity index (χ1) is 8.12. The highest BCUT2D eigenvalue weighted by atomic mass is 16.5. The second-order valence-corrected chi connectivity index (χ2v) is 3.42. The number of carboxylic acids is 1. The normalized spacial score (nSPS) is 9.82. The Morgan fingerprint density at radius 2 is 1.88 bits per heavy atom. The van der Waals surface area contributed by atoms with E-state index in [-0.39, 0.29) is 6.42 Å². The summed E-state index contributed by atoms with van der Waals surface area (Å²) in [5, 5.41) is 8.69. The van der Waals surface area contributed by atoms with E-state index in [1.165, 1.54) is 14.2 Å². The average molecular weight is 240 g/mol. The van der Waals surface area contributed by atoms with Gasteiger partial charge in [0.1, 0.15) is 5.75 Å². The Bertz CT molecular complexity index is 400. The Hall–Kier alpha value is -1.91. The Labute approximate surface area is 99.9 Å². The Morgan fingerprint density at radius 1 is 1.18 bits per heavy atom. The first-order valence-electron chi connectivity index (χ1n) is 5.13. The summed E-state index contributed by atoms with van der Waals surface area (Å²) in [5.74, 6) is 0.846. The van der Waals surface area contributed by atoms with Crippen LogP contribution < -0.4 is 14.2 Å². The summed E-state index contributed by atoms with van der Waals surface area (Å²) < 4.78 is 15.5. The van der Waals surface area contributed by atoms with Crippen molar-refractivity contribution in [2.45, 2.75) is 12.8 Å². The van der Waals surface area contributed by atoms with Crippen LogP contribution in [0.4, 0.5) is 0 Å². The van der Waals surface area contributed by atoms with Gasteiger partial charge in [0.25, 0.3) is 0 Å². The number of rotatable bonds is 6. The maximum atomic E-state index is 10.6. The summed E-state index contributed by atoms with van der Waals surface area (Å²) in [7, 11) is 4.59. The van der Waals surface area contributed by atoms with Crippen LogP contribution in [0.3, 0.4) is 0 Å². The lowest BCUT2D eigenvalue weighted by molar-refractivity contribution is -0.136. The molecule has 0 fully saturated rings. The van der Waals surface area contributed by atoms with Gasteiger partial charge >= 0.3 is 5.97 Å². The zero-order valence-electron chi connectivity index (χ0n) is 10.1. The fraction of sp³-hybridized carbons (Fsp3) is 0.417. The van der Waals surface area contributed by atoms with Gasteiger partial charge in [0.05, 0.1) is 21.3 Å². The molecule has 0 aliphatic heterocycles. The molecule has 0 aromatic heterocycles. The van der Waals surface area contributed by atoms with Crippen LogP contribution in [-0.2, 0) is 11.2 Å². The molecule has 94 valence electrons. The highest BCUT2D eigenvalue weighted by molar-refractivity contribution is 5.67. The Balaban J connectivity index is 3.10. The summed E-state index contributed by atoms with van der Waals surface area (Å²) >= 11 is 0. The van der Waals surface area contributed by atoms with Crippen LogP contribution in [0.5, 0.6) is 17.2 Å². The first-order valence-corrected chi connectivity index (χ1v) is 5.13. The molecule has 0 radical (unpaired) electrons. The molecule has 0 bridgehead atoms. The third-order valence-electron chi connectivity index (χ3n) is 2.37. The van der Waals surface area contributed by atoms with Crippen LogP contribution in [-0.4, -0.2) is 32.4 Å². The summed E-state index contributed by atoms with van der Waals surface area (Å²) in [6, 6.07) is 3.45. The quantitative estimate of drug-likeness (QED) is 0.820. The number of aliphatic carboxylic acids is 1. The molecule has 1 N–H and O–H groups in total. The fourth-order valence-electron chi connectivity index (χ4n) is 1.56. The van der Waals surface area contributed by atoms with Gasteiger partial charge in [0, 0.05) is 18.1 Å². The number of aryl methyl sites for hydroxylation is 1. The first kappa shape index (κ1) is 13.2. The van der Waals surface area contributed by atoms with Crippen LogP contribution in [0.1, 0.15) is 12.0 Å². The van der Waals surface area contributed by atoms with E-state index < -0.39 is 5.97 Å². The van der Waals surface area contributed by atoms with E-state index in [0.717, 1.165) is 5.56 Å². The van der Waals surface area contributed by atoms with Gasteiger partial charge in [-0.1, -0.05) is 0 Å². The molecule has 0 spiro atoms. The largest absolute Gasteiger partial charge is 0.497 e. The third-order valence-corrected chi connectivity index (χ3v) is 2.37. The molecule has 0 aliphatic carbocycles. The molecular formula is C12H16O5. The molecule has 1 aromatic carbocycles. The monoisotopic (exact) mass is 240 g/mol. The zero-order valence-corrected chi connectivity index (χ0v) is 10.1. The van der Waals surface area contributed by atoms with E-state index in [9.17, 15) is 4.79 Å². The SMILES string of the molecule is COc1cc(CCC(=O)O)c(OC)c(OC)c1. The van der Waals surface area contributed by atoms with E-state index in [2.05, 4.69) is 0 Å². The second-order valence-electron chi connectivity index (χ2n) is 3.42. The number of benzene rings is 1. The van der Waals surface area contributed by atoms with Crippen molar-refractivity contribution in [3.63, 3.8) is 0 Å². The van der Waals surface area contributed by atoms with Crippen LogP contribution in [0.25, 0.3) is 0 Å². The van der Waals surface area contributed by atoms with Gasteiger partial charge in [-0.05, 0) is 12.5 Å². The number of carbonyl (C=O) groups is 1. The lowest BCUT2D eigenvalue weighted by Crippen LogP contribution is -2.01. The number of hydrogen-bond donors (Lipinski definition) is 1. The predicted octanol–water partition coefficient (Wildman–Crippen LogP) is 1.73. The van der Waals surface area contributed by atoms with Gasteiger partial charge in [-0.15, -0.1) is 0 Å². The van der Waals surface area contributed by atoms with Crippen molar-refractivity contribution in [2.24, 2.45) is 0 Å². The van der Waals surface area contributed by atoms with E-state index in [0.29, 0.717) is 23.7 Å². The molecule has 0 unspecified atom stereocenters. The molecule has 1 aromatic rings. The number of ether oxygens (including phenoxy) is 3. The van der Waals surface area contributed by atoms with Gasteiger partial charge in [0.15, 0.2) is 11.5 Å². The lowest BCUT2D eigenvalue weighted by atomic mass is 10.1. The maximum Gasteiger partial charge on any atom is 0.303 e. The van der Waals surface area contributed by atoms with Crippen molar-refractivity contribution >= 4 is 5.97 Å². The van der Waals surface area contributed by atoms with Crippen LogP contribution in [0.15, 0.2) is 12.1 Å².